The van der Waals surface area contributed by atoms with E-state index in [4.69, 9.17) is 5.84 Å². The standard InChI is InChI=1S/C9H10F4N4OS/c10-6-5(1-2-15-7(6)17-14)8(18)16-3-4-19-9(11,12)13/h1-2H,3-4,14H2,(H,15,17)(H,16,18). The molecule has 106 valence electrons. The number of nitrogens with zero attached hydrogens (tertiary/aromatic N) is 1. The van der Waals surface area contributed by atoms with Gasteiger partial charge >= 0.3 is 5.51 Å². The van der Waals surface area contributed by atoms with Crippen molar-refractivity contribution in [1.29, 1.82) is 0 Å². The number of hydrazine groups is 1. The number of halogens is 4. The number of nitrogens with one attached hydrogen (secondary N) is 2. The Morgan fingerprint density at radius 2 is 2.16 bits per heavy atom. The number of alkyl halides is 3. The highest BCUT2D eigenvalue weighted by Crippen LogP contribution is 2.29. The minimum absolute atomic E-state index is 0.240. The van der Waals surface area contributed by atoms with Crippen LogP contribution in [-0.2, 0) is 0 Å². The number of amides is 1. The van der Waals surface area contributed by atoms with E-state index in [2.05, 4.69) is 10.3 Å². The number of nitrogens with two attached hydrogens (primary N) is 1. The van der Waals surface area contributed by atoms with Crippen LogP contribution in [0.5, 0.6) is 0 Å². The number of carbonyl (C=O) groups is 1. The maximum absolute atomic E-state index is 13.6. The zero-order chi connectivity index (χ0) is 14.5. The molecule has 10 heteroatoms. The summed E-state index contributed by atoms with van der Waals surface area (Å²) in [6.07, 6.45) is 1.15. The van der Waals surface area contributed by atoms with Gasteiger partial charge in [-0.2, -0.15) is 13.2 Å². The molecule has 1 rings (SSSR count). The van der Waals surface area contributed by atoms with Crippen LogP contribution in [0.3, 0.4) is 0 Å². The Hall–Kier alpha value is -1.55. The lowest BCUT2D eigenvalue weighted by Crippen LogP contribution is -2.28. The van der Waals surface area contributed by atoms with Crippen molar-refractivity contribution in [1.82, 2.24) is 10.3 Å². The van der Waals surface area contributed by atoms with Crippen molar-refractivity contribution >= 4 is 23.5 Å². The molecule has 0 bridgehead atoms. The summed E-state index contributed by atoms with van der Waals surface area (Å²) in [7, 11) is 0. The summed E-state index contributed by atoms with van der Waals surface area (Å²) in [6, 6.07) is 1.10. The molecule has 0 aliphatic rings. The quantitative estimate of drug-likeness (QED) is 0.332. The number of anilines is 1. The lowest BCUT2D eigenvalue weighted by Gasteiger charge is -2.08. The van der Waals surface area contributed by atoms with E-state index in [1.807, 2.05) is 5.43 Å². The van der Waals surface area contributed by atoms with Gasteiger partial charge in [0.15, 0.2) is 11.6 Å². The van der Waals surface area contributed by atoms with Crippen molar-refractivity contribution in [2.45, 2.75) is 5.51 Å². The fraction of sp³-hybridized carbons (Fsp3) is 0.333. The highest BCUT2D eigenvalue weighted by atomic mass is 32.2. The van der Waals surface area contributed by atoms with Crippen LogP contribution in [0, 0.1) is 5.82 Å². The first-order valence-electron chi connectivity index (χ1n) is 4.95. The first kappa shape index (κ1) is 15.5. The normalized spacial score (nSPS) is 11.2. The van der Waals surface area contributed by atoms with E-state index >= 15 is 0 Å². The largest absolute Gasteiger partial charge is 0.441 e. The SMILES string of the molecule is NNc1nccc(C(=O)NCCSC(F)(F)F)c1F. The molecule has 0 unspecified atom stereocenters. The highest BCUT2D eigenvalue weighted by molar-refractivity contribution is 8.00. The molecule has 5 nitrogen and oxygen atoms in total. The molecule has 0 aliphatic carbocycles. The number of aromatic nitrogens is 1. The Kier molecular flexibility index (Phi) is 5.36. The number of thioether (sulfide) groups is 1. The second-order valence-electron chi connectivity index (χ2n) is 3.22. The summed E-state index contributed by atoms with van der Waals surface area (Å²) in [5.41, 5.74) is -2.75. The maximum Gasteiger partial charge on any atom is 0.441 e. The molecule has 0 radical (unpaired) electrons. The van der Waals surface area contributed by atoms with Gasteiger partial charge in [-0.15, -0.1) is 0 Å². The topological polar surface area (TPSA) is 80.0 Å². The van der Waals surface area contributed by atoms with Crippen LogP contribution in [0.15, 0.2) is 12.3 Å². The van der Waals surface area contributed by atoms with Crippen molar-refractivity contribution in [3.63, 3.8) is 0 Å². The monoisotopic (exact) mass is 298 g/mol. The molecule has 0 atom stereocenters. The Bertz CT molecular complexity index is 454. The zero-order valence-electron chi connectivity index (χ0n) is 9.42. The minimum atomic E-state index is -4.36. The number of pyridine rings is 1. The molecule has 0 aliphatic heterocycles. The predicted molar refractivity (Wildman–Crippen MR) is 62.9 cm³/mol. The predicted octanol–water partition coefficient (Wildman–Crippen LogP) is 1.49. The molecule has 0 saturated carbocycles. The number of rotatable bonds is 5. The lowest BCUT2D eigenvalue weighted by molar-refractivity contribution is -0.0327. The number of carbonyl (C=O) groups excluding carboxylic acids is 1. The molecule has 1 heterocycles. The van der Waals surface area contributed by atoms with Crippen molar-refractivity contribution in [3.8, 4) is 0 Å². The molecule has 0 saturated heterocycles. The molecule has 1 amide bonds. The van der Waals surface area contributed by atoms with Gasteiger partial charge in [-0.05, 0) is 17.8 Å². The molecule has 4 N–H and O–H groups in total. The van der Waals surface area contributed by atoms with Crippen LogP contribution in [0.1, 0.15) is 10.4 Å². The lowest BCUT2D eigenvalue weighted by atomic mass is 10.2. The summed E-state index contributed by atoms with van der Waals surface area (Å²) >= 11 is -0.271. The number of nitrogen functional groups attached to an aromatic ring is 1. The molecular weight excluding hydrogens is 288 g/mol. The summed E-state index contributed by atoms with van der Waals surface area (Å²) < 4.78 is 49.0. The Morgan fingerprint density at radius 3 is 2.74 bits per heavy atom. The van der Waals surface area contributed by atoms with Gasteiger partial charge < -0.3 is 10.7 Å². The van der Waals surface area contributed by atoms with Gasteiger partial charge in [0.05, 0.1) is 5.56 Å². The van der Waals surface area contributed by atoms with Crippen LogP contribution in [0.25, 0.3) is 0 Å². The van der Waals surface area contributed by atoms with Crippen LogP contribution in [0.4, 0.5) is 23.4 Å². The van der Waals surface area contributed by atoms with Gasteiger partial charge in [0.1, 0.15) is 0 Å². The summed E-state index contributed by atoms with van der Waals surface area (Å²) in [5.74, 6) is 2.50. The summed E-state index contributed by atoms with van der Waals surface area (Å²) in [5, 5.41) is 2.17. The van der Waals surface area contributed by atoms with Gasteiger partial charge in [0.25, 0.3) is 5.91 Å². The maximum atomic E-state index is 13.6. The van der Waals surface area contributed by atoms with Crippen molar-refractivity contribution in [2.24, 2.45) is 5.84 Å². The molecule has 0 fully saturated rings. The molecule has 1 aromatic heterocycles. The van der Waals surface area contributed by atoms with Gasteiger partial charge in [-0.25, -0.2) is 15.2 Å². The van der Waals surface area contributed by atoms with E-state index in [-0.39, 0.29) is 35.4 Å². The number of hydrogen-bond acceptors (Lipinski definition) is 5. The van der Waals surface area contributed by atoms with Crippen molar-refractivity contribution < 1.29 is 22.4 Å². The van der Waals surface area contributed by atoms with E-state index in [1.54, 1.807) is 0 Å². The van der Waals surface area contributed by atoms with Gasteiger partial charge in [-0.1, -0.05) is 0 Å². The van der Waals surface area contributed by atoms with E-state index < -0.39 is 17.2 Å². The average Bonchev–Trinajstić information content (AvgIpc) is 2.33. The Balaban J connectivity index is 2.55. The first-order chi connectivity index (χ1) is 8.85. The Morgan fingerprint density at radius 1 is 1.47 bits per heavy atom. The second kappa shape index (κ2) is 6.57. The molecule has 0 spiro atoms. The Labute approximate surface area is 109 Å². The van der Waals surface area contributed by atoms with Crippen LogP contribution < -0.4 is 16.6 Å². The molecule has 19 heavy (non-hydrogen) atoms. The smallest absolute Gasteiger partial charge is 0.351 e. The van der Waals surface area contributed by atoms with Gasteiger partial charge in [-0.3, -0.25) is 4.79 Å². The first-order valence-corrected chi connectivity index (χ1v) is 5.93. The summed E-state index contributed by atoms with van der Waals surface area (Å²) in [4.78, 5) is 15.0. The third-order valence-corrected chi connectivity index (χ3v) is 2.66. The third-order valence-electron chi connectivity index (χ3n) is 1.92. The van der Waals surface area contributed by atoms with E-state index in [9.17, 15) is 22.4 Å². The number of hydrogen-bond donors (Lipinski definition) is 3. The van der Waals surface area contributed by atoms with Crippen LogP contribution >= 0.6 is 11.8 Å². The minimum Gasteiger partial charge on any atom is -0.351 e. The molecule has 1 aromatic rings. The highest BCUT2D eigenvalue weighted by Gasteiger charge is 2.27. The van der Waals surface area contributed by atoms with E-state index in [0.29, 0.717) is 0 Å². The fourth-order valence-electron chi connectivity index (χ4n) is 1.15. The second-order valence-corrected chi connectivity index (χ2v) is 4.38. The van der Waals surface area contributed by atoms with E-state index in [0.717, 1.165) is 12.3 Å². The average molecular weight is 298 g/mol. The van der Waals surface area contributed by atoms with Crippen molar-refractivity contribution in [3.05, 3.63) is 23.6 Å². The van der Waals surface area contributed by atoms with Crippen LogP contribution in [-0.4, -0.2) is 28.7 Å². The fourth-order valence-corrected chi connectivity index (χ4v) is 1.58. The van der Waals surface area contributed by atoms with Crippen molar-refractivity contribution in [2.75, 3.05) is 17.7 Å². The molecule has 0 aromatic carbocycles. The van der Waals surface area contributed by atoms with Gasteiger partial charge in [0, 0.05) is 18.5 Å². The van der Waals surface area contributed by atoms with E-state index in [1.165, 1.54) is 0 Å². The van der Waals surface area contributed by atoms with Gasteiger partial charge in [0.2, 0.25) is 0 Å². The third kappa shape index (κ3) is 4.91. The molecular formula is C9H10F4N4OS. The summed E-state index contributed by atoms with van der Waals surface area (Å²) in [6.45, 7) is -0.240. The zero-order valence-corrected chi connectivity index (χ0v) is 10.2. The van der Waals surface area contributed by atoms with Crippen LogP contribution in [0.2, 0.25) is 0 Å².